The van der Waals surface area contributed by atoms with E-state index in [-0.39, 0.29) is 18.4 Å². The van der Waals surface area contributed by atoms with Gasteiger partial charge in [-0.15, -0.1) is 0 Å². The number of rotatable bonds is 3. The van der Waals surface area contributed by atoms with Crippen LogP contribution in [-0.2, 0) is 6.54 Å². The van der Waals surface area contributed by atoms with Gasteiger partial charge in [0.25, 0.3) is 5.91 Å². The SMILES string of the molecule is O=C(NCc1ccc(O)cc1)c1ccc2c(c1)OCO2. The van der Waals surface area contributed by atoms with Crippen LogP contribution in [0, 0.1) is 0 Å². The molecule has 1 aliphatic heterocycles. The smallest absolute Gasteiger partial charge is 0.251 e. The van der Waals surface area contributed by atoms with E-state index in [0.29, 0.717) is 23.6 Å². The van der Waals surface area contributed by atoms with Gasteiger partial charge in [-0.05, 0) is 35.9 Å². The standard InChI is InChI=1S/C15H13NO4/c17-12-4-1-10(2-5-12)8-16-15(18)11-3-6-13-14(7-11)20-9-19-13/h1-7,17H,8-9H2,(H,16,18). The maximum Gasteiger partial charge on any atom is 0.251 e. The van der Waals surface area contributed by atoms with E-state index in [4.69, 9.17) is 9.47 Å². The maximum absolute atomic E-state index is 12.0. The number of phenols is 1. The number of ether oxygens (including phenoxy) is 2. The monoisotopic (exact) mass is 271 g/mol. The number of carbonyl (C=O) groups excluding carboxylic acids is 1. The quantitative estimate of drug-likeness (QED) is 0.896. The summed E-state index contributed by atoms with van der Waals surface area (Å²) in [7, 11) is 0. The predicted octanol–water partition coefficient (Wildman–Crippen LogP) is 2.05. The van der Waals surface area contributed by atoms with Gasteiger partial charge in [0, 0.05) is 12.1 Å². The molecule has 20 heavy (non-hydrogen) atoms. The third kappa shape index (κ3) is 2.51. The van der Waals surface area contributed by atoms with Crippen LogP contribution in [0.15, 0.2) is 42.5 Å². The van der Waals surface area contributed by atoms with Crippen molar-refractivity contribution in [3.05, 3.63) is 53.6 Å². The molecule has 0 unspecified atom stereocenters. The lowest BCUT2D eigenvalue weighted by atomic mass is 10.1. The molecule has 0 saturated heterocycles. The Balaban J connectivity index is 1.66. The highest BCUT2D eigenvalue weighted by atomic mass is 16.7. The Kier molecular flexibility index (Phi) is 3.16. The summed E-state index contributed by atoms with van der Waals surface area (Å²) >= 11 is 0. The fourth-order valence-corrected chi connectivity index (χ4v) is 1.94. The summed E-state index contributed by atoms with van der Waals surface area (Å²) in [6, 6.07) is 11.8. The van der Waals surface area contributed by atoms with Crippen LogP contribution in [0.25, 0.3) is 0 Å². The second-order valence-electron chi connectivity index (χ2n) is 4.42. The summed E-state index contributed by atoms with van der Waals surface area (Å²) < 4.78 is 10.4. The topological polar surface area (TPSA) is 67.8 Å². The summed E-state index contributed by atoms with van der Waals surface area (Å²) in [5, 5.41) is 12.0. The molecule has 102 valence electrons. The van der Waals surface area contributed by atoms with Crippen molar-refractivity contribution < 1.29 is 19.4 Å². The van der Waals surface area contributed by atoms with Gasteiger partial charge in [-0.25, -0.2) is 0 Å². The Morgan fingerprint density at radius 2 is 1.85 bits per heavy atom. The molecule has 2 aromatic carbocycles. The second kappa shape index (κ2) is 5.13. The number of carbonyl (C=O) groups is 1. The molecule has 0 bridgehead atoms. The molecule has 2 aromatic rings. The minimum absolute atomic E-state index is 0.184. The number of aromatic hydroxyl groups is 1. The van der Waals surface area contributed by atoms with Crippen LogP contribution in [-0.4, -0.2) is 17.8 Å². The van der Waals surface area contributed by atoms with Gasteiger partial charge in [0.15, 0.2) is 11.5 Å². The average molecular weight is 271 g/mol. The van der Waals surface area contributed by atoms with Gasteiger partial charge in [-0.2, -0.15) is 0 Å². The summed E-state index contributed by atoms with van der Waals surface area (Å²) in [4.78, 5) is 12.0. The highest BCUT2D eigenvalue weighted by Crippen LogP contribution is 2.32. The van der Waals surface area contributed by atoms with Gasteiger partial charge in [0.05, 0.1) is 0 Å². The van der Waals surface area contributed by atoms with Crippen molar-refractivity contribution >= 4 is 5.91 Å². The van der Waals surface area contributed by atoms with Gasteiger partial charge in [0.2, 0.25) is 6.79 Å². The number of amides is 1. The maximum atomic E-state index is 12.0. The van der Waals surface area contributed by atoms with Crippen molar-refractivity contribution in [3.63, 3.8) is 0 Å². The molecular formula is C15H13NO4. The van der Waals surface area contributed by atoms with E-state index in [2.05, 4.69) is 5.32 Å². The number of hydrogen-bond acceptors (Lipinski definition) is 4. The normalized spacial score (nSPS) is 12.2. The first-order valence-electron chi connectivity index (χ1n) is 6.18. The van der Waals surface area contributed by atoms with Crippen LogP contribution in [0.1, 0.15) is 15.9 Å². The molecule has 1 amide bonds. The molecule has 5 heteroatoms. The van der Waals surface area contributed by atoms with E-state index in [1.807, 2.05) is 0 Å². The molecule has 0 spiro atoms. The van der Waals surface area contributed by atoms with Crippen LogP contribution in [0.5, 0.6) is 17.2 Å². The van der Waals surface area contributed by atoms with Gasteiger partial charge in [-0.1, -0.05) is 12.1 Å². The highest BCUT2D eigenvalue weighted by molar-refractivity contribution is 5.94. The first-order chi connectivity index (χ1) is 9.72. The van der Waals surface area contributed by atoms with Gasteiger partial charge >= 0.3 is 0 Å². The minimum Gasteiger partial charge on any atom is -0.508 e. The first-order valence-corrected chi connectivity index (χ1v) is 6.18. The van der Waals surface area contributed by atoms with Crippen molar-refractivity contribution in [2.75, 3.05) is 6.79 Å². The number of phenolic OH excluding ortho intramolecular Hbond substituents is 1. The molecule has 0 aromatic heterocycles. The molecule has 0 aliphatic carbocycles. The van der Waals surface area contributed by atoms with E-state index in [9.17, 15) is 9.90 Å². The van der Waals surface area contributed by atoms with E-state index in [1.54, 1.807) is 42.5 Å². The molecule has 5 nitrogen and oxygen atoms in total. The second-order valence-corrected chi connectivity index (χ2v) is 4.42. The minimum atomic E-state index is -0.184. The third-order valence-electron chi connectivity index (χ3n) is 3.02. The zero-order valence-corrected chi connectivity index (χ0v) is 10.6. The molecule has 1 heterocycles. The van der Waals surface area contributed by atoms with Gasteiger partial charge < -0.3 is 19.9 Å². The Morgan fingerprint density at radius 3 is 2.65 bits per heavy atom. The summed E-state index contributed by atoms with van der Waals surface area (Å²) in [5.74, 6) is 1.26. The molecule has 1 aliphatic rings. The number of benzene rings is 2. The molecular weight excluding hydrogens is 258 g/mol. The average Bonchev–Trinajstić information content (AvgIpc) is 2.93. The van der Waals surface area contributed by atoms with E-state index in [1.165, 1.54) is 0 Å². The number of nitrogens with one attached hydrogen (secondary N) is 1. The zero-order valence-electron chi connectivity index (χ0n) is 10.6. The number of fused-ring (bicyclic) bond motifs is 1. The van der Waals surface area contributed by atoms with E-state index >= 15 is 0 Å². The lowest BCUT2D eigenvalue weighted by Gasteiger charge is -2.06. The van der Waals surface area contributed by atoms with Crippen molar-refractivity contribution in [2.24, 2.45) is 0 Å². The Morgan fingerprint density at radius 1 is 1.10 bits per heavy atom. The Labute approximate surface area is 115 Å². The fraction of sp³-hybridized carbons (Fsp3) is 0.133. The van der Waals surface area contributed by atoms with Gasteiger partial charge in [-0.3, -0.25) is 4.79 Å². The van der Waals surface area contributed by atoms with E-state index < -0.39 is 0 Å². The van der Waals surface area contributed by atoms with Gasteiger partial charge in [0.1, 0.15) is 5.75 Å². The van der Waals surface area contributed by atoms with Crippen molar-refractivity contribution in [2.45, 2.75) is 6.54 Å². The zero-order chi connectivity index (χ0) is 13.9. The molecule has 3 rings (SSSR count). The third-order valence-corrected chi connectivity index (χ3v) is 3.02. The predicted molar refractivity (Wildman–Crippen MR) is 71.8 cm³/mol. The van der Waals surface area contributed by atoms with Crippen molar-refractivity contribution in [1.82, 2.24) is 5.32 Å². The fourth-order valence-electron chi connectivity index (χ4n) is 1.94. The lowest BCUT2D eigenvalue weighted by molar-refractivity contribution is 0.0950. The van der Waals surface area contributed by atoms with Crippen LogP contribution < -0.4 is 14.8 Å². The Hall–Kier alpha value is -2.69. The molecule has 0 atom stereocenters. The molecule has 2 N–H and O–H groups in total. The molecule has 0 fully saturated rings. The molecule has 0 radical (unpaired) electrons. The van der Waals surface area contributed by atoms with Crippen LogP contribution >= 0.6 is 0 Å². The number of hydrogen-bond donors (Lipinski definition) is 2. The Bertz CT molecular complexity index is 637. The summed E-state index contributed by atoms with van der Waals surface area (Å²) in [6.07, 6.45) is 0. The van der Waals surface area contributed by atoms with Crippen molar-refractivity contribution in [1.29, 1.82) is 0 Å². The van der Waals surface area contributed by atoms with Crippen molar-refractivity contribution in [3.8, 4) is 17.2 Å². The van der Waals surface area contributed by atoms with Crippen LogP contribution in [0.2, 0.25) is 0 Å². The summed E-state index contributed by atoms with van der Waals surface area (Å²) in [5.41, 5.74) is 1.44. The van der Waals surface area contributed by atoms with E-state index in [0.717, 1.165) is 5.56 Å². The molecule has 0 saturated carbocycles. The van der Waals surface area contributed by atoms with Crippen LogP contribution in [0.4, 0.5) is 0 Å². The highest BCUT2D eigenvalue weighted by Gasteiger charge is 2.15. The largest absolute Gasteiger partial charge is 0.508 e. The van der Waals surface area contributed by atoms with Crippen LogP contribution in [0.3, 0.4) is 0 Å². The lowest BCUT2D eigenvalue weighted by Crippen LogP contribution is -2.22. The first kappa shape index (κ1) is 12.3. The summed E-state index contributed by atoms with van der Waals surface area (Å²) in [6.45, 7) is 0.585.